The molecule has 0 aromatic carbocycles. The fourth-order valence-electron chi connectivity index (χ4n) is 1.11. The summed E-state index contributed by atoms with van der Waals surface area (Å²) in [4.78, 5) is 10.2. The topological polar surface area (TPSA) is 52.3 Å². The second-order valence-electron chi connectivity index (χ2n) is 2.66. The van der Waals surface area contributed by atoms with E-state index in [4.69, 9.17) is 9.26 Å². The molecular weight excluding hydrogens is 170 g/mol. The first kappa shape index (κ1) is 9.77. The average molecular weight is 183 g/mol. The molecule has 0 saturated heterocycles. The lowest BCUT2D eigenvalue weighted by molar-refractivity contribution is -0.107. The van der Waals surface area contributed by atoms with Gasteiger partial charge < -0.3 is 14.1 Å². The lowest BCUT2D eigenvalue weighted by Gasteiger charge is -1.99. The highest BCUT2D eigenvalue weighted by Crippen LogP contribution is 2.21. The third kappa shape index (κ3) is 2.31. The summed E-state index contributed by atoms with van der Waals surface area (Å²) in [7, 11) is 0. The van der Waals surface area contributed by atoms with Crippen molar-refractivity contribution in [3.05, 3.63) is 11.3 Å². The van der Waals surface area contributed by atoms with Gasteiger partial charge in [-0.3, -0.25) is 0 Å². The Kier molecular flexibility index (Phi) is 3.49. The van der Waals surface area contributed by atoms with Gasteiger partial charge in [-0.2, -0.15) is 0 Å². The second-order valence-corrected chi connectivity index (χ2v) is 2.66. The Morgan fingerprint density at radius 1 is 1.62 bits per heavy atom. The molecule has 0 N–H and O–H groups in total. The number of rotatable bonds is 5. The number of carbonyl (C=O) groups excluding carboxylic acids is 1. The van der Waals surface area contributed by atoms with E-state index >= 15 is 0 Å². The number of nitrogens with zero attached hydrogens (tertiary/aromatic N) is 1. The number of ether oxygens (including phenoxy) is 1. The number of aromatic nitrogens is 1. The summed E-state index contributed by atoms with van der Waals surface area (Å²) in [6, 6.07) is 0. The molecule has 0 aliphatic rings. The van der Waals surface area contributed by atoms with Gasteiger partial charge in [0.2, 0.25) is 0 Å². The fraction of sp³-hybridized carbons (Fsp3) is 0.556. The van der Waals surface area contributed by atoms with Gasteiger partial charge in [-0.15, -0.1) is 0 Å². The minimum Gasteiger partial charge on any atom is -0.476 e. The van der Waals surface area contributed by atoms with Crippen LogP contribution in [0.15, 0.2) is 4.52 Å². The minimum atomic E-state index is 0.474. The third-order valence-electron chi connectivity index (χ3n) is 1.74. The van der Waals surface area contributed by atoms with Gasteiger partial charge in [0.05, 0.1) is 12.2 Å². The van der Waals surface area contributed by atoms with Crippen LogP contribution in [0.3, 0.4) is 0 Å². The van der Waals surface area contributed by atoms with Crippen molar-refractivity contribution in [2.24, 2.45) is 0 Å². The molecule has 1 rings (SSSR count). The number of hydrogen-bond acceptors (Lipinski definition) is 4. The molecule has 0 amide bonds. The summed E-state index contributed by atoms with van der Waals surface area (Å²) >= 11 is 0. The molecule has 13 heavy (non-hydrogen) atoms. The Bertz CT molecular complexity index is 280. The van der Waals surface area contributed by atoms with Crippen molar-refractivity contribution in [2.45, 2.75) is 26.7 Å². The Morgan fingerprint density at radius 3 is 3.00 bits per heavy atom. The molecule has 72 valence electrons. The summed E-state index contributed by atoms with van der Waals surface area (Å²) in [5.74, 6) is 1.24. The molecule has 0 spiro atoms. The van der Waals surface area contributed by atoms with Crippen molar-refractivity contribution < 1.29 is 14.1 Å². The van der Waals surface area contributed by atoms with Gasteiger partial charge in [-0.05, 0) is 25.4 Å². The maximum atomic E-state index is 10.2. The number of hydrogen-bond donors (Lipinski definition) is 0. The van der Waals surface area contributed by atoms with Crippen LogP contribution in [0, 0.1) is 6.92 Å². The summed E-state index contributed by atoms with van der Waals surface area (Å²) in [5.41, 5.74) is 0.897. The van der Waals surface area contributed by atoms with E-state index in [9.17, 15) is 4.79 Å². The van der Waals surface area contributed by atoms with Gasteiger partial charge in [0, 0.05) is 6.42 Å². The maximum absolute atomic E-state index is 10.2. The van der Waals surface area contributed by atoms with E-state index in [-0.39, 0.29) is 0 Å². The van der Waals surface area contributed by atoms with E-state index in [2.05, 4.69) is 5.16 Å². The van der Waals surface area contributed by atoms with Crippen LogP contribution in [0.4, 0.5) is 0 Å². The summed E-state index contributed by atoms with van der Waals surface area (Å²) in [5, 5.41) is 3.75. The Labute approximate surface area is 76.9 Å². The lowest BCUT2D eigenvalue weighted by Crippen LogP contribution is -1.96. The van der Waals surface area contributed by atoms with Crippen molar-refractivity contribution in [1.29, 1.82) is 0 Å². The highest BCUT2D eigenvalue weighted by Gasteiger charge is 2.12. The zero-order valence-electron chi connectivity index (χ0n) is 7.87. The Morgan fingerprint density at radius 2 is 2.38 bits per heavy atom. The van der Waals surface area contributed by atoms with Crippen LogP contribution in [0.25, 0.3) is 0 Å². The number of aldehydes is 1. The van der Waals surface area contributed by atoms with E-state index in [1.54, 1.807) is 0 Å². The van der Waals surface area contributed by atoms with Gasteiger partial charge in [0.15, 0.2) is 0 Å². The van der Waals surface area contributed by atoms with Gasteiger partial charge >= 0.3 is 0 Å². The predicted molar refractivity (Wildman–Crippen MR) is 46.8 cm³/mol. The summed E-state index contributed by atoms with van der Waals surface area (Å²) in [6.45, 7) is 4.25. The van der Waals surface area contributed by atoms with Crippen LogP contribution in [-0.2, 0) is 11.2 Å². The number of aryl methyl sites for hydroxylation is 1. The molecular formula is C9H13NO3. The van der Waals surface area contributed by atoms with Crippen molar-refractivity contribution in [3.63, 3.8) is 0 Å². The van der Waals surface area contributed by atoms with Crippen LogP contribution in [-0.4, -0.2) is 18.0 Å². The Balaban J connectivity index is 2.74. The zero-order valence-corrected chi connectivity index (χ0v) is 7.87. The van der Waals surface area contributed by atoms with E-state index in [1.807, 2.05) is 13.8 Å². The first-order valence-electron chi connectivity index (χ1n) is 4.31. The van der Waals surface area contributed by atoms with Crippen molar-refractivity contribution in [1.82, 2.24) is 5.16 Å². The smallest absolute Gasteiger partial charge is 0.257 e. The standard InChI is InChI=1S/C9H13NO3/c1-3-12-9-8(5-4-6-11)7(2)13-10-9/h6H,3-5H2,1-2H3. The third-order valence-corrected chi connectivity index (χ3v) is 1.74. The van der Waals surface area contributed by atoms with Gasteiger partial charge in [0.1, 0.15) is 12.0 Å². The molecule has 0 atom stereocenters. The predicted octanol–water partition coefficient (Wildman–Crippen LogP) is 1.51. The fourth-order valence-corrected chi connectivity index (χ4v) is 1.11. The second kappa shape index (κ2) is 4.64. The van der Waals surface area contributed by atoms with E-state index in [0.29, 0.717) is 25.3 Å². The van der Waals surface area contributed by atoms with E-state index in [1.165, 1.54) is 0 Å². The average Bonchev–Trinajstić information content (AvgIpc) is 2.45. The molecule has 4 heteroatoms. The molecule has 0 unspecified atom stereocenters. The van der Waals surface area contributed by atoms with Crippen LogP contribution in [0.2, 0.25) is 0 Å². The van der Waals surface area contributed by atoms with Crippen molar-refractivity contribution in [3.8, 4) is 5.88 Å². The summed E-state index contributed by atoms with van der Waals surface area (Å²) in [6.07, 6.45) is 1.98. The van der Waals surface area contributed by atoms with Gasteiger partial charge in [0.25, 0.3) is 5.88 Å². The first-order chi connectivity index (χ1) is 6.29. The van der Waals surface area contributed by atoms with E-state index < -0.39 is 0 Å². The van der Waals surface area contributed by atoms with Gasteiger partial charge in [-0.1, -0.05) is 0 Å². The van der Waals surface area contributed by atoms with Gasteiger partial charge in [-0.25, -0.2) is 0 Å². The highest BCUT2D eigenvalue weighted by atomic mass is 16.5. The minimum absolute atomic E-state index is 0.474. The molecule has 0 fully saturated rings. The molecule has 1 aromatic rings. The van der Waals surface area contributed by atoms with Crippen LogP contribution in [0.1, 0.15) is 24.7 Å². The molecule has 4 nitrogen and oxygen atoms in total. The molecule has 0 bridgehead atoms. The molecule has 1 heterocycles. The maximum Gasteiger partial charge on any atom is 0.257 e. The van der Waals surface area contributed by atoms with E-state index in [0.717, 1.165) is 17.6 Å². The molecule has 1 aromatic heterocycles. The largest absolute Gasteiger partial charge is 0.476 e. The van der Waals surface area contributed by atoms with Crippen LogP contribution < -0.4 is 4.74 Å². The SMILES string of the molecule is CCOc1noc(C)c1CCC=O. The lowest BCUT2D eigenvalue weighted by atomic mass is 10.1. The quantitative estimate of drug-likeness (QED) is 0.649. The summed E-state index contributed by atoms with van der Waals surface area (Å²) < 4.78 is 10.2. The van der Waals surface area contributed by atoms with Crippen LogP contribution in [0.5, 0.6) is 5.88 Å². The van der Waals surface area contributed by atoms with Crippen molar-refractivity contribution in [2.75, 3.05) is 6.61 Å². The molecule has 0 saturated carbocycles. The van der Waals surface area contributed by atoms with Crippen LogP contribution >= 0.6 is 0 Å². The van der Waals surface area contributed by atoms with Crippen molar-refractivity contribution >= 4 is 6.29 Å². The first-order valence-corrected chi connectivity index (χ1v) is 4.31. The monoisotopic (exact) mass is 183 g/mol. The zero-order chi connectivity index (χ0) is 9.68. The normalized spacial score (nSPS) is 10.0. The molecule has 0 aliphatic carbocycles. The molecule has 0 aliphatic heterocycles. The number of carbonyl (C=O) groups is 1. The highest BCUT2D eigenvalue weighted by molar-refractivity contribution is 5.50. The molecule has 0 radical (unpaired) electrons. The Hall–Kier alpha value is -1.32.